The first kappa shape index (κ1) is 20.2. The van der Waals surface area contributed by atoms with Crippen molar-refractivity contribution in [3.63, 3.8) is 0 Å². The number of ether oxygens (including phenoxy) is 1. The number of hydrogen-bond donors (Lipinski definition) is 1. The van der Waals surface area contributed by atoms with Crippen LogP contribution >= 0.6 is 0 Å². The van der Waals surface area contributed by atoms with E-state index in [0.717, 1.165) is 25.7 Å². The molecule has 1 aliphatic heterocycles. The molecule has 0 amide bonds. The normalized spacial score (nSPS) is 20.2. The van der Waals surface area contributed by atoms with Gasteiger partial charge in [-0.3, -0.25) is 4.79 Å². The van der Waals surface area contributed by atoms with Crippen molar-refractivity contribution in [3.05, 3.63) is 12.2 Å². The molecule has 0 unspecified atom stereocenters. The average molecular weight is 325 g/mol. The fourth-order valence-electron chi connectivity index (χ4n) is 3.02. The van der Waals surface area contributed by atoms with Crippen LogP contribution in [0.25, 0.3) is 0 Å². The molecule has 23 heavy (non-hydrogen) atoms. The third kappa shape index (κ3) is 12.3. The molecule has 1 fully saturated rings. The molecule has 3 heteroatoms. The molecule has 134 valence electrons. The highest BCUT2D eigenvalue weighted by Crippen LogP contribution is 2.31. The predicted octanol–water partition coefficient (Wildman–Crippen LogP) is 5.88. The molecule has 0 bridgehead atoms. The number of carbonyl (C=O) groups is 1. The number of carboxylic acid groups (broad SMARTS) is 1. The second-order valence-corrected chi connectivity index (χ2v) is 6.81. The van der Waals surface area contributed by atoms with Gasteiger partial charge in [0.25, 0.3) is 0 Å². The number of unbranched alkanes of at least 4 members (excludes halogenated alkanes) is 8. The van der Waals surface area contributed by atoms with Gasteiger partial charge in [-0.15, -0.1) is 0 Å². The minimum atomic E-state index is -0.672. The molecule has 0 saturated carbocycles. The largest absolute Gasteiger partial charge is 0.481 e. The van der Waals surface area contributed by atoms with Crippen molar-refractivity contribution in [2.45, 2.75) is 109 Å². The third-order valence-corrected chi connectivity index (χ3v) is 4.57. The minimum absolute atomic E-state index is 0.319. The topological polar surface area (TPSA) is 49.8 Å². The van der Waals surface area contributed by atoms with Crippen LogP contribution in [0.5, 0.6) is 0 Å². The fourth-order valence-corrected chi connectivity index (χ4v) is 3.02. The van der Waals surface area contributed by atoms with E-state index in [9.17, 15) is 4.79 Å². The molecular formula is C20H36O3. The average Bonchev–Trinajstić information content (AvgIpc) is 3.27. The quantitative estimate of drug-likeness (QED) is 0.219. The SMILES string of the molecule is CCCCC[C@H]1O[C@@H]1CCCC/C=C\CCCCCCC(=O)O. The lowest BCUT2D eigenvalue weighted by Crippen LogP contribution is -1.94. The standard InChI is InChI=1S/C20H36O3/c1-2-3-12-15-18-19(23-18)16-13-10-8-6-4-5-7-9-11-14-17-20(21)22/h4,6,18-19H,2-3,5,7-17H2,1H3,(H,21,22)/b6-4-/t18-,19-/m1/s1. The van der Waals surface area contributed by atoms with E-state index >= 15 is 0 Å². The minimum Gasteiger partial charge on any atom is -0.481 e. The van der Waals surface area contributed by atoms with E-state index in [2.05, 4.69) is 19.1 Å². The monoisotopic (exact) mass is 324 g/mol. The zero-order chi connectivity index (χ0) is 16.8. The summed E-state index contributed by atoms with van der Waals surface area (Å²) in [5.41, 5.74) is 0. The summed E-state index contributed by atoms with van der Waals surface area (Å²) in [7, 11) is 0. The van der Waals surface area contributed by atoms with Crippen molar-refractivity contribution >= 4 is 5.97 Å². The van der Waals surface area contributed by atoms with E-state index in [-0.39, 0.29) is 0 Å². The summed E-state index contributed by atoms with van der Waals surface area (Å²) in [6.45, 7) is 2.25. The van der Waals surface area contributed by atoms with Gasteiger partial charge in [0.2, 0.25) is 0 Å². The number of rotatable bonds is 16. The maximum atomic E-state index is 10.4. The van der Waals surface area contributed by atoms with Gasteiger partial charge in [-0.1, -0.05) is 57.6 Å². The Hall–Kier alpha value is -0.830. The predicted molar refractivity (Wildman–Crippen MR) is 95.7 cm³/mol. The maximum Gasteiger partial charge on any atom is 0.303 e. The second kappa shape index (κ2) is 13.6. The molecule has 1 aliphatic rings. The van der Waals surface area contributed by atoms with Gasteiger partial charge in [-0.2, -0.15) is 0 Å². The Morgan fingerprint density at radius 2 is 1.43 bits per heavy atom. The van der Waals surface area contributed by atoms with Crippen LogP contribution in [0.3, 0.4) is 0 Å². The van der Waals surface area contributed by atoms with Crippen molar-refractivity contribution < 1.29 is 14.6 Å². The van der Waals surface area contributed by atoms with Gasteiger partial charge < -0.3 is 9.84 Å². The molecule has 1 heterocycles. The van der Waals surface area contributed by atoms with E-state index < -0.39 is 5.97 Å². The Morgan fingerprint density at radius 3 is 2.04 bits per heavy atom. The summed E-state index contributed by atoms with van der Waals surface area (Å²) in [6.07, 6.45) is 21.6. The van der Waals surface area contributed by atoms with Gasteiger partial charge in [-0.05, 0) is 44.9 Å². The van der Waals surface area contributed by atoms with E-state index in [4.69, 9.17) is 9.84 Å². The Morgan fingerprint density at radius 1 is 0.870 bits per heavy atom. The lowest BCUT2D eigenvalue weighted by molar-refractivity contribution is -0.137. The summed E-state index contributed by atoms with van der Waals surface area (Å²) < 4.78 is 5.72. The highest BCUT2D eigenvalue weighted by atomic mass is 16.6. The molecule has 0 aliphatic carbocycles. The van der Waals surface area contributed by atoms with Gasteiger partial charge in [0.15, 0.2) is 0 Å². The number of epoxide rings is 1. The first-order chi connectivity index (χ1) is 11.2. The van der Waals surface area contributed by atoms with Crippen LogP contribution in [0, 0.1) is 0 Å². The Kier molecular flexibility index (Phi) is 11.9. The Labute approximate surface area is 142 Å². The first-order valence-corrected chi connectivity index (χ1v) is 9.76. The van der Waals surface area contributed by atoms with Crippen LogP contribution in [0.2, 0.25) is 0 Å². The molecule has 0 spiro atoms. The second-order valence-electron chi connectivity index (χ2n) is 6.81. The third-order valence-electron chi connectivity index (χ3n) is 4.57. The summed E-state index contributed by atoms with van der Waals surface area (Å²) in [4.78, 5) is 10.4. The van der Waals surface area contributed by atoms with Crippen LogP contribution in [-0.2, 0) is 9.53 Å². The van der Waals surface area contributed by atoms with E-state index in [1.54, 1.807) is 0 Å². The zero-order valence-electron chi connectivity index (χ0n) is 15.0. The van der Waals surface area contributed by atoms with Crippen LogP contribution in [0.1, 0.15) is 96.8 Å². The van der Waals surface area contributed by atoms with Gasteiger partial charge >= 0.3 is 5.97 Å². The molecule has 1 rings (SSSR count). The van der Waals surface area contributed by atoms with Gasteiger partial charge in [0.05, 0.1) is 12.2 Å². The van der Waals surface area contributed by atoms with Crippen molar-refractivity contribution in [3.8, 4) is 0 Å². The van der Waals surface area contributed by atoms with Crippen molar-refractivity contribution in [2.24, 2.45) is 0 Å². The summed E-state index contributed by atoms with van der Waals surface area (Å²) in [5.74, 6) is -0.672. The summed E-state index contributed by atoms with van der Waals surface area (Å²) in [6, 6.07) is 0. The molecule has 2 atom stereocenters. The van der Waals surface area contributed by atoms with Crippen LogP contribution in [0.15, 0.2) is 12.2 Å². The molecule has 0 aromatic heterocycles. The molecule has 0 aromatic rings. The smallest absolute Gasteiger partial charge is 0.303 e. The van der Waals surface area contributed by atoms with Crippen LogP contribution < -0.4 is 0 Å². The number of allylic oxidation sites excluding steroid dienone is 2. The Bertz CT molecular complexity index is 325. The molecule has 3 nitrogen and oxygen atoms in total. The van der Waals surface area contributed by atoms with Crippen LogP contribution in [-0.4, -0.2) is 23.3 Å². The van der Waals surface area contributed by atoms with E-state index in [0.29, 0.717) is 18.6 Å². The van der Waals surface area contributed by atoms with Crippen molar-refractivity contribution in [1.29, 1.82) is 0 Å². The maximum absolute atomic E-state index is 10.4. The number of aliphatic carboxylic acids is 1. The summed E-state index contributed by atoms with van der Waals surface area (Å²) >= 11 is 0. The van der Waals surface area contributed by atoms with Crippen molar-refractivity contribution in [2.75, 3.05) is 0 Å². The summed E-state index contributed by atoms with van der Waals surface area (Å²) in [5, 5.41) is 8.54. The highest BCUT2D eigenvalue weighted by molar-refractivity contribution is 5.66. The van der Waals surface area contributed by atoms with Crippen molar-refractivity contribution in [1.82, 2.24) is 0 Å². The highest BCUT2D eigenvalue weighted by Gasteiger charge is 2.36. The fraction of sp³-hybridized carbons (Fsp3) is 0.850. The van der Waals surface area contributed by atoms with E-state index in [1.807, 2.05) is 0 Å². The molecule has 1 saturated heterocycles. The molecule has 1 N–H and O–H groups in total. The van der Waals surface area contributed by atoms with Gasteiger partial charge in [0, 0.05) is 6.42 Å². The van der Waals surface area contributed by atoms with Gasteiger partial charge in [0.1, 0.15) is 0 Å². The van der Waals surface area contributed by atoms with Gasteiger partial charge in [-0.25, -0.2) is 0 Å². The zero-order valence-corrected chi connectivity index (χ0v) is 15.0. The molecule has 0 radical (unpaired) electrons. The molecule has 0 aromatic carbocycles. The lowest BCUT2D eigenvalue weighted by atomic mass is 10.1. The number of hydrogen-bond acceptors (Lipinski definition) is 2. The Balaban J connectivity index is 1.77. The first-order valence-electron chi connectivity index (χ1n) is 9.76. The van der Waals surface area contributed by atoms with E-state index in [1.165, 1.54) is 57.8 Å². The molecular weight excluding hydrogens is 288 g/mol. The number of carboxylic acids is 1. The lowest BCUT2D eigenvalue weighted by Gasteiger charge is -1.98. The van der Waals surface area contributed by atoms with Crippen LogP contribution in [0.4, 0.5) is 0 Å².